The van der Waals surface area contributed by atoms with Crippen molar-refractivity contribution in [2.24, 2.45) is 7.05 Å². The van der Waals surface area contributed by atoms with Crippen LogP contribution in [0, 0.1) is 0 Å². The maximum absolute atomic E-state index is 12.8. The number of rotatable bonds is 3. The normalized spacial score (nSPS) is 14.2. The molecule has 0 atom stereocenters. The average Bonchev–Trinajstić information content (AvgIpc) is 3.04. The van der Waals surface area contributed by atoms with Crippen molar-refractivity contribution >= 4 is 22.4 Å². The Morgan fingerprint density at radius 2 is 1.96 bits per heavy atom. The maximum Gasteiger partial charge on any atom is 0.326 e. The number of H-pyrrole nitrogens is 2. The van der Waals surface area contributed by atoms with E-state index in [9.17, 15) is 14.4 Å². The zero-order chi connectivity index (χ0) is 19.8. The van der Waals surface area contributed by atoms with Crippen molar-refractivity contribution in [1.82, 2.24) is 19.4 Å². The molecular weight excluding hydrogens is 360 g/mol. The quantitative estimate of drug-likeness (QED) is 0.719. The number of para-hydroxylation sites is 1. The standard InChI is InChI=1S/C20H20N4O4/c1-23-11-14(13-5-3-4-6-15(13)23)12-7-9-24(10-8-12)19(26)16-17(28-2)18(25)22-20(27)21-16/h3-7,11H,8-10H2,1-2H3,(H2,21,22,25,27). The molecule has 3 heterocycles. The number of hydrogen-bond donors (Lipinski definition) is 2. The van der Waals surface area contributed by atoms with E-state index in [1.165, 1.54) is 18.1 Å². The molecule has 1 aliphatic heterocycles. The number of aromatic nitrogens is 3. The second kappa shape index (κ2) is 6.88. The van der Waals surface area contributed by atoms with Crippen molar-refractivity contribution in [2.45, 2.75) is 6.42 Å². The Kier molecular flexibility index (Phi) is 4.38. The predicted molar refractivity (Wildman–Crippen MR) is 106 cm³/mol. The SMILES string of the molecule is COc1c(C(=O)N2CC=C(c3cn(C)c4ccccc34)CC2)[nH]c(=O)[nH]c1=O. The van der Waals surface area contributed by atoms with Crippen LogP contribution in [0.1, 0.15) is 22.5 Å². The van der Waals surface area contributed by atoms with Gasteiger partial charge in [-0.05, 0) is 18.1 Å². The molecule has 0 aliphatic carbocycles. The Hall–Kier alpha value is -3.55. The van der Waals surface area contributed by atoms with Gasteiger partial charge in [-0.2, -0.15) is 0 Å². The molecule has 0 spiro atoms. The molecule has 0 bridgehead atoms. The minimum Gasteiger partial charge on any atom is -0.489 e. The Balaban J connectivity index is 1.63. The molecule has 28 heavy (non-hydrogen) atoms. The number of nitrogens with zero attached hydrogens (tertiary/aromatic N) is 2. The second-order valence-corrected chi connectivity index (χ2v) is 6.72. The zero-order valence-electron chi connectivity index (χ0n) is 15.6. The highest BCUT2D eigenvalue weighted by Crippen LogP contribution is 2.30. The van der Waals surface area contributed by atoms with Crippen LogP contribution in [0.3, 0.4) is 0 Å². The fourth-order valence-corrected chi connectivity index (χ4v) is 3.67. The van der Waals surface area contributed by atoms with E-state index in [2.05, 4.69) is 32.9 Å². The zero-order valence-corrected chi connectivity index (χ0v) is 15.6. The third-order valence-electron chi connectivity index (χ3n) is 5.06. The number of ether oxygens (including phenoxy) is 1. The molecule has 2 aromatic heterocycles. The van der Waals surface area contributed by atoms with Crippen LogP contribution in [0.25, 0.3) is 16.5 Å². The number of benzene rings is 1. The summed E-state index contributed by atoms with van der Waals surface area (Å²) in [5.74, 6) is -0.623. The molecule has 1 aromatic carbocycles. The highest BCUT2D eigenvalue weighted by atomic mass is 16.5. The third-order valence-corrected chi connectivity index (χ3v) is 5.06. The van der Waals surface area contributed by atoms with Crippen LogP contribution in [-0.2, 0) is 7.05 Å². The van der Waals surface area contributed by atoms with Gasteiger partial charge in [0.25, 0.3) is 11.5 Å². The number of aromatic amines is 2. The minimum absolute atomic E-state index is 0.127. The van der Waals surface area contributed by atoms with Gasteiger partial charge < -0.3 is 14.2 Å². The molecule has 3 aromatic rings. The van der Waals surface area contributed by atoms with Gasteiger partial charge in [0.15, 0.2) is 5.69 Å². The summed E-state index contributed by atoms with van der Waals surface area (Å²) in [5.41, 5.74) is 1.90. The molecule has 1 amide bonds. The van der Waals surface area contributed by atoms with E-state index in [4.69, 9.17) is 4.74 Å². The van der Waals surface area contributed by atoms with Crippen LogP contribution in [-0.4, -0.2) is 45.5 Å². The minimum atomic E-state index is -0.738. The van der Waals surface area contributed by atoms with Crippen molar-refractivity contribution < 1.29 is 9.53 Å². The molecule has 8 nitrogen and oxygen atoms in total. The van der Waals surface area contributed by atoms with E-state index in [1.54, 1.807) is 4.90 Å². The Morgan fingerprint density at radius 3 is 2.68 bits per heavy atom. The summed E-state index contributed by atoms with van der Waals surface area (Å²) in [5, 5.41) is 1.18. The summed E-state index contributed by atoms with van der Waals surface area (Å²) >= 11 is 0. The van der Waals surface area contributed by atoms with Crippen molar-refractivity contribution in [3.05, 3.63) is 68.6 Å². The molecule has 8 heteroatoms. The number of carbonyl (C=O) groups is 1. The van der Waals surface area contributed by atoms with E-state index in [0.29, 0.717) is 19.5 Å². The average molecular weight is 380 g/mol. The van der Waals surface area contributed by atoms with Crippen LogP contribution in [0.2, 0.25) is 0 Å². The van der Waals surface area contributed by atoms with Crippen molar-refractivity contribution in [2.75, 3.05) is 20.2 Å². The summed E-state index contributed by atoms with van der Waals surface area (Å²) in [6.07, 6.45) is 4.79. The maximum atomic E-state index is 12.8. The van der Waals surface area contributed by atoms with E-state index >= 15 is 0 Å². The molecule has 1 aliphatic rings. The summed E-state index contributed by atoms with van der Waals surface area (Å²) < 4.78 is 7.10. The van der Waals surface area contributed by atoms with Crippen LogP contribution in [0.5, 0.6) is 5.75 Å². The van der Waals surface area contributed by atoms with Gasteiger partial charge in [0.2, 0.25) is 5.75 Å². The number of nitrogens with one attached hydrogen (secondary N) is 2. The molecule has 144 valence electrons. The Morgan fingerprint density at radius 1 is 1.18 bits per heavy atom. The van der Waals surface area contributed by atoms with Crippen LogP contribution >= 0.6 is 0 Å². The van der Waals surface area contributed by atoms with Crippen LogP contribution in [0.15, 0.2) is 46.1 Å². The van der Waals surface area contributed by atoms with Gasteiger partial charge in [-0.15, -0.1) is 0 Å². The largest absolute Gasteiger partial charge is 0.489 e. The summed E-state index contributed by atoms with van der Waals surface area (Å²) in [4.78, 5) is 42.3. The van der Waals surface area contributed by atoms with Crippen molar-refractivity contribution in [1.29, 1.82) is 0 Å². The van der Waals surface area contributed by atoms with E-state index in [1.807, 2.05) is 25.3 Å². The lowest BCUT2D eigenvalue weighted by atomic mass is 9.99. The van der Waals surface area contributed by atoms with E-state index in [-0.39, 0.29) is 11.4 Å². The highest BCUT2D eigenvalue weighted by Gasteiger charge is 2.25. The fraction of sp³-hybridized carbons (Fsp3) is 0.250. The van der Waals surface area contributed by atoms with Gasteiger partial charge in [-0.3, -0.25) is 19.6 Å². The summed E-state index contributed by atoms with van der Waals surface area (Å²) in [6, 6.07) is 8.20. The first-order valence-corrected chi connectivity index (χ1v) is 8.93. The molecular formula is C20H20N4O4. The molecule has 0 radical (unpaired) electrons. The van der Waals surface area contributed by atoms with Crippen LogP contribution in [0.4, 0.5) is 0 Å². The molecule has 0 unspecified atom stereocenters. The van der Waals surface area contributed by atoms with Gasteiger partial charge in [0, 0.05) is 42.8 Å². The van der Waals surface area contributed by atoms with Gasteiger partial charge >= 0.3 is 5.69 Å². The molecule has 2 N–H and O–H groups in total. The Bertz CT molecular complexity index is 1210. The van der Waals surface area contributed by atoms with E-state index in [0.717, 1.165) is 11.1 Å². The summed E-state index contributed by atoms with van der Waals surface area (Å²) in [7, 11) is 3.30. The predicted octanol–water partition coefficient (Wildman–Crippen LogP) is 1.49. The number of carbonyl (C=O) groups excluding carboxylic acids is 1. The van der Waals surface area contributed by atoms with Crippen molar-refractivity contribution in [3.8, 4) is 5.75 Å². The number of methoxy groups -OCH3 is 1. The number of amides is 1. The molecule has 0 saturated heterocycles. The second-order valence-electron chi connectivity index (χ2n) is 6.72. The number of hydrogen-bond acceptors (Lipinski definition) is 4. The third kappa shape index (κ3) is 2.92. The fourth-order valence-electron chi connectivity index (χ4n) is 3.67. The molecule has 0 fully saturated rings. The smallest absolute Gasteiger partial charge is 0.326 e. The van der Waals surface area contributed by atoms with Gasteiger partial charge in [-0.25, -0.2) is 4.79 Å². The Labute approximate surface area is 160 Å². The summed E-state index contributed by atoms with van der Waals surface area (Å²) in [6.45, 7) is 0.862. The lowest BCUT2D eigenvalue weighted by Gasteiger charge is -2.26. The molecule has 0 saturated carbocycles. The number of aryl methyl sites for hydroxylation is 1. The first kappa shape index (κ1) is 17.8. The van der Waals surface area contributed by atoms with E-state index < -0.39 is 17.2 Å². The van der Waals surface area contributed by atoms with Gasteiger partial charge in [0.05, 0.1) is 7.11 Å². The molecule has 4 rings (SSSR count). The first-order valence-electron chi connectivity index (χ1n) is 8.93. The lowest BCUT2D eigenvalue weighted by Crippen LogP contribution is -2.38. The van der Waals surface area contributed by atoms with Crippen molar-refractivity contribution in [3.63, 3.8) is 0 Å². The lowest BCUT2D eigenvalue weighted by molar-refractivity contribution is 0.0762. The number of fused-ring (bicyclic) bond motifs is 1. The van der Waals surface area contributed by atoms with Crippen LogP contribution < -0.4 is 16.0 Å². The monoisotopic (exact) mass is 380 g/mol. The topological polar surface area (TPSA) is 100 Å². The van der Waals surface area contributed by atoms with Gasteiger partial charge in [0.1, 0.15) is 0 Å². The first-order chi connectivity index (χ1) is 13.5. The highest BCUT2D eigenvalue weighted by molar-refractivity contribution is 5.96. The van der Waals surface area contributed by atoms with Gasteiger partial charge in [-0.1, -0.05) is 24.3 Å².